The summed E-state index contributed by atoms with van der Waals surface area (Å²) < 4.78 is 6.74. The monoisotopic (exact) mass is 296 g/mol. The third kappa shape index (κ3) is 2.71. The van der Waals surface area contributed by atoms with Gasteiger partial charge in [0, 0.05) is 32.8 Å². The Morgan fingerprint density at radius 1 is 1.36 bits per heavy atom. The summed E-state index contributed by atoms with van der Waals surface area (Å²) in [7, 11) is 1.58. The molecule has 22 heavy (non-hydrogen) atoms. The second kappa shape index (κ2) is 6.00. The Kier molecular flexibility index (Phi) is 3.90. The number of nitriles is 1. The first-order valence-electron chi connectivity index (χ1n) is 7.05. The van der Waals surface area contributed by atoms with E-state index < -0.39 is 0 Å². The normalized spacial score (nSPS) is 13.0. The van der Waals surface area contributed by atoms with Crippen molar-refractivity contribution >= 4 is 5.95 Å². The summed E-state index contributed by atoms with van der Waals surface area (Å²) in [6, 6.07) is 11.1. The van der Waals surface area contributed by atoms with Crippen LogP contribution in [0.5, 0.6) is 0 Å². The highest BCUT2D eigenvalue weighted by atomic mass is 16.5. The standard InChI is InChI=1S/C16H16N4O2/c1-22-11-14-8-15(21)20-6-5-19(16(20)18-14)10-13-4-2-3-12(7-13)9-17/h2-4,7-8H,5-6,10-11H2,1H3. The number of rotatable bonds is 4. The summed E-state index contributed by atoms with van der Waals surface area (Å²) >= 11 is 0. The number of hydrogen-bond donors (Lipinski definition) is 0. The van der Waals surface area contributed by atoms with Crippen molar-refractivity contribution in [1.29, 1.82) is 5.26 Å². The van der Waals surface area contributed by atoms with Crippen LogP contribution < -0.4 is 10.5 Å². The van der Waals surface area contributed by atoms with Gasteiger partial charge in [-0.2, -0.15) is 5.26 Å². The minimum Gasteiger partial charge on any atom is -0.378 e. The Bertz CT molecular complexity index is 791. The fraction of sp³-hybridized carbons (Fsp3) is 0.312. The molecule has 6 heteroatoms. The highest BCUT2D eigenvalue weighted by Gasteiger charge is 2.22. The summed E-state index contributed by atoms with van der Waals surface area (Å²) in [5, 5.41) is 8.98. The lowest BCUT2D eigenvalue weighted by atomic mass is 10.1. The molecule has 3 rings (SSSR count). The fourth-order valence-corrected chi connectivity index (χ4v) is 2.64. The van der Waals surface area contributed by atoms with Crippen LogP contribution in [0.2, 0.25) is 0 Å². The van der Waals surface area contributed by atoms with Crippen molar-refractivity contribution in [3.63, 3.8) is 0 Å². The highest BCUT2D eigenvalue weighted by Crippen LogP contribution is 2.20. The number of methoxy groups -OCH3 is 1. The van der Waals surface area contributed by atoms with Crippen molar-refractivity contribution in [2.75, 3.05) is 18.6 Å². The van der Waals surface area contributed by atoms with Crippen LogP contribution in [0.1, 0.15) is 16.8 Å². The van der Waals surface area contributed by atoms with Crippen LogP contribution in [-0.2, 0) is 24.4 Å². The van der Waals surface area contributed by atoms with Gasteiger partial charge in [0.05, 0.1) is 23.9 Å². The number of benzene rings is 1. The van der Waals surface area contributed by atoms with Gasteiger partial charge in [-0.25, -0.2) is 4.98 Å². The van der Waals surface area contributed by atoms with Gasteiger partial charge in [-0.1, -0.05) is 12.1 Å². The first-order chi connectivity index (χ1) is 10.7. The van der Waals surface area contributed by atoms with E-state index in [1.165, 1.54) is 6.07 Å². The van der Waals surface area contributed by atoms with Gasteiger partial charge in [0.15, 0.2) is 0 Å². The van der Waals surface area contributed by atoms with E-state index in [1.807, 2.05) is 18.2 Å². The molecule has 2 aromatic rings. The third-order valence-corrected chi connectivity index (χ3v) is 3.64. The second-order valence-corrected chi connectivity index (χ2v) is 5.20. The molecular formula is C16H16N4O2. The van der Waals surface area contributed by atoms with Gasteiger partial charge in [-0.15, -0.1) is 0 Å². The van der Waals surface area contributed by atoms with Crippen LogP contribution >= 0.6 is 0 Å². The number of aromatic nitrogens is 2. The smallest absolute Gasteiger partial charge is 0.255 e. The lowest BCUT2D eigenvalue weighted by Crippen LogP contribution is -2.23. The minimum atomic E-state index is -0.0506. The van der Waals surface area contributed by atoms with E-state index in [1.54, 1.807) is 17.7 Å². The fourth-order valence-electron chi connectivity index (χ4n) is 2.64. The molecule has 1 aliphatic rings. The van der Waals surface area contributed by atoms with E-state index in [4.69, 9.17) is 10.00 Å². The summed E-state index contributed by atoms with van der Waals surface area (Å²) in [6.07, 6.45) is 0. The second-order valence-electron chi connectivity index (χ2n) is 5.20. The Morgan fingerprint density at radius 3 is 3.00 bits per heavy atom. The molecule has 1 aliphatic heterocycles. The van der Waals surface area contributed by atoms with E-state index in [-0.39, 0.29) is 5.56 Å². The summed E-state index contributed by atoms with van der Waals surface area (Å²) in [4.78, 5) is 18.7. The van der Waals surface area contributed by atoms with Crippen molar-refractivity contribution < 1.29 is 4.74 Å². The molecule has 0 fully saturated rings. The topological polar surface area (TPSA) is 71.2 Å². The molecule has 2 heterocycles. The van der Waals surface area contributed by atoms with Crippen molar-refractivity contribution in [1.82, 2.24) is 9.55 Å². The number of hydrogen-bond acceptors (Lipinski definition) is 5. The van der Waals surface area contributed by atoms with Crippen LogP contribution in [0, 0.1) is 11.3 Å². The van der Waals surface area contributed by atoms with Gasteiger partial charge in [-0.05, 0) is 17.7 Å². The molecule has 1 aromatic carbocycles. The van der Waals surface area contributed by atoms with Crippen LogP contribution in [0.25, 0.3) is 0 Å². The van der Waals surface area contributed by atoms with Gasteiger partial charge in [0.25, 0.3) is 5.56 Å². The zero-order valence-electron chi connectivity index (χ0n) is 12.3. The Balaban J connectivity index is 1.90. The number of nitrogens with zero attached hydrogens (tertiary/aromatic N) is 4. The molecular weight excluding hydrogens is 280 g/mol. The Morgan fingerprint density at radius 2 is 2.23 bits per heavy atom. The van der Waals surface area contributed by atoms with Crippen molar-refractivity contribution in [2.24, 2.45) is 0 Å². The molecule has 112 valence electrons. The molecule has 1 aromatic heterocycles. The lowest BCUT2D eigenvalue weighted by molar-refractivity contribution is 0.181. The molecule has 6 nitrogen and oxygen atoms in total. The lowest BCUT2D eigenvalue weighted by Gasteiger charge is -2.17. The molecule has 0 saturated heterocycles. The molecule has 0 saturated carbocycles. The van der Waals surface area contributed by atoms with Gasteiger partial charge >= 0.3 is 0 Å². The van der Waals surface area contributed by atoms with Crippen molar-refractivity contribution in [3.8, 4) is 6.07 Å². The van der Waals surface area contributed by atoms with E-state index in [9.17, 15) is 4.79 Å². The van der Waals surface area contributed by atoms with Crippen LogP contribution in [0.4, 0.5) is 5.95 Å². The first kappa shape index (κ1) is 14.3. The van der Waals surface area contributed by atoms with Crippen LogP contribution in [0.15, 0.2) is 35.1 Å². The minimum absolute atomic E-state index is 0.0506. The molecule has 0 radical (unpaired) electrons. The molecule has 0 atom stereocenters. The highest BCUT2D eigenvalue weighted by molar-refractivity contribution is 5.40. The predicted octanol–water partition coefficient (Wildman–Crippen LogP) is 1.28. The predicted molar refractivity (Wildman–Crippen MR) is 81.4 cm³/mol. The quantitative estimate of drug-likeness (QED) is 0.850. The number of fused-ring (bicyclic) bond motifs is 1. The zero-order chi connectivity index (χ0) is 15.5. The van der Waals surface area contributed by atoms with E-state index in [0.29, 0.717) is 36.9 Å². The first-order valence-corrected chi connectivity index (χ1v) is 7.05. The van der Waals surface area contributed by atoms with Crippen LogP contribution in [-0.4, -0.2) is 23.2 Å². The van der Waals surface area contributed by atoms with Crippen molar-refractivity contribution in [3.05, 3.63) is 57.5 Å². The Labute approximate surface area is 128 Å². The maximum absolute atomic E-state index is 12.1. The molecule has 0 N–H and O–H groups in total. The average molecular weight is 296 g/mol. The SMILES string of the molecule is COCc1cc(=O)n2c(n1)N(Cc1cccc(C#N)c1)CC2. The van der Waals surface area contributed by atoms with Gasteiger partial charge in [0.2, 0.25) is 5.95 Å². The van der Waals surface area contributed by atoms with E-state index >= 15 is 0 Å². The maximum atomic E-state index is 12.1. The zero-order valence-corrected chi connectivity index (χ0v) is 12.3. The van der Waals surface area contributed by atoms with Gasteiger partial charge in [-0.3, -0.25) is 9.36 Å². The summed E-state index contributed by atoms with van der Waals surface area (Å²) in [6.45, 7) is 2.31. The van der Waals surface area contributed by atoms with Crippen LogP contribution in [0.3, 0.4) is 0 Å². The van der Waals surface area contributed by atoms with E-state index in [0.717, 1.165) is 12.1 Å². The van der Waals surface area contributed by atoms with E-state index in [2.05, 4.69) is 16.0 Å². The maximum Gasteiger partial charge on any atom is 0.255 e. The molecule has 0 spiro atoms. The largest absolute Gasteiger partial charge is 0.378 e. The van der Waals surface area contributed by atoms with Gasteiger partial charge < -0.3 is 9.64 Å². The molecule has 0 bridgehead atoms. The number of anilines is 1. The average Bonchev–Trinajstić information content (AvgIpc) is 2.91. The van der Waals surface area contributed by atoms with Gasteiger partial charge in [0.1, 0.15) is 0 Å². The molecule has 0 amide bonds. The summed E-state index contributed by atoms with van der Waals surface area (Å²) in [5.41, 5.74) is 2.25. The summed E-state index contributed by atoms with van der Waals surface area (Å²) in [5.74, 6) is 0.668. The Hall–Kier alpha value is -2.65. The molecule has 0 unspecified atom stereocenters. The third-order valence-electron chi connectivity index (χ3n) is 3.64. The van der Waals surface area contributed by atoms with Crippen molar-refractivity contribution in [2.45, 2.75) is 19.7 Å². The molecule has 0 aliphatic carbocycles. The number of ether oxygens (including phenoxy) is 1.